The van der Waals surface area contributed by atoms with Gasteiger partial charge in [-0.3, -0.25) is 14.6 Å². The number of aldehydes is 1. The zero-order valence-electron chi connectivity index (χ0n) is 8.64. The summed E-state index contributed by atoms with van der Waals surface area (Å²) in [6.07, 6.45) is 2.34. The van der Waals surface area contributed by atoms with Gasteiger partial charge in [0.05, 0.1) is 0 Å². The second-order valence-electron chi connectivity index (χ2n) is 3.26. The van der Waals surface area contributed by atoms with Crippen LogP contribution in [0, 0.1) is 0 Å². The summed E-state index contributed by atoms with van der Waals surface area (Å²) in [5, 5.41) is 0.677. The van der Waals surface area contributed by atoms with E-state index in [1.54, 1.807) is 30.5 Å². The van der Waals surface area contributed by atoms with Crippen LogP contribution in [0.15, 0.2) is 30.5 Å². The summed E-state index contributed by atoms with van der Waals surface area (Å²) in [6.45, 7) is 1.32. The molecular weight excluding hydrogens is 206 g/mol. The van der Waals surface area contributed by atoms with Gasteiger partial charge in [-0.15, -0.1) is 0 Å². The Morgan fingerprint density at radius 1 is 1.38 bits per heavy atom. The Labute approximate surface area is 91.9 Å². The number of benzene rings is 1. The van der Waals surface area contributed by atoms with Crippen LogP contribution in [0.4, 0.5) is 0 Å². The topological polar surface area (TPSA) is 56.3 Å². The zero-order valence-corrected chi connectivity index (χ0v) is 8.64. The third-order valence-corrected chi connectivity index (χ3v) is 2.15. The monoisotopic (exact) mass is 215 g/mol. The first-order valence-corrected chi connectivity index (χ1v) is 4.73. The average Bonchev–Trinajstić information content (AvgIpc) is 2.29. The van der Waals surface area contributed by atoms with Crippen LogP contribution in [0.5, 0.6) is 5.75 Å². The third kappa shape index (κ3) is 1.77. The van der Waals surface area contributed by atoms with Gasteiger partial charge in [0.2, 0.25) is 0 Å². The van der Waals surface area contributed by atoms with Gasteiger partial charge >= 0.3 is 5.97 Å². The van der Waals surface area contributed by atoms with E-state index in [0.29, 0.717) is 22.2 Å². The maximum atomic E-state index is 10.9. The highest BCUT2D eigenvalue weighted by Crippen LogP contribution is 2.25. The van der Waals surface area contributed by atoms with Crippen LogP contribution in [0.3, 0.4) is 0 Å². The van der Waals surface area contributed by atoms with Crippen LogP contribution in [-0.2, 0) is 4.79 Å². The van der Waals surface area contributed by atoms with Gasteiger partial charge in [-0.25, -0.2) is 0 Å². The van der Waals surface area contributed by atoms with E-state index in [-0.39, 0.29) is 0 Å². The van der Waals surface area contributed by atoms with Crippen molar-refractivity contribution in [3.8, 4) is 5.75 Å². The molecule has 2 rings (SSSR count). The predicted molar refractivity (Wildman–Crippen MR) is 58.4 cm³/mol. The summed E-state index contributed by atoms with van der Waals surface area (Å²) in [7, 11) is 0. The Balaban J connectivity index is 2.69. The fourth-order valence-corrected chi connectivity index (χ4v) is 1.51. The van der Waals surface area contributed by atoms with Crippen molar-refractivity contribution in [1.82, 2.24) is 4.98 Å². The fraction of sp³-hybridized carbons (Fsp3) is 0.0833. The van der Waals surface area contributed by atoms with Crippen molar-refractivity contribution >= 4 is 23.2 Å². The molecule has 4 heteroatoms. The molecule has 1 heterocycles. The number of nitrogens with zero attached hydrogens (tertiary/aromatic N) is 1. The molecule has 80 valence electrons. The van der Waals surface area contributed by atoms with Gasteiger partial charge in [0.1, 0.15) is 5.52 Å². The molecule has 0 N–H and O–H groups in total. The van der Waals surface area contributed by atoms with E-state index >= 15 is 0 Å². The first kappa shape index (κ1) is 10.3. The summed E-state index contributed by atoms with van der Waals surface area (Å²) in [6, 6.07) is 6.67. The number of pyridine rings is 1. The molecule has 1 aromatic heterocycles. The molecule has 0 amide bonds. The van der Waals surface area contributed by atoms with Crippen LogP contribution in [0.2, 0.25) is 0 Å². The molecule has 1 aromatic carbocycles. The Bertz CT molecular complexity index is 563. The highest BCUT2D eigenvalue weighted by atomic mass is 16.5. The SMILES string of the molecule is CC(=O)Oc1ccc(C=O)c2cccnc12. The fourth-order valence-electron chi connectivity index (χ4n) is 1.51. The second kappa shape index (κ2) is 4.10. The van der Waals surface area contributed by atoms with Gasteiger partial charge in [-0.1, -0.05) is 6.07 Å². The first-order chi connectivity index (χ1) is 7.72. The number of carbonyl (C=O) groups excluding carboxylic acids is 2. The van der Waals surface area contributed by atoms with E-state index < -0.39 is 5.97 Å². The van der Waals surface area contributed by atoms with Gasteiger partial charge in [0, 0.05) is 24.1 Å². The number of fused-ring (bicyclic) bond motifs is 1. The number of rotatable bonds is 2. The molecule has 0 unspecified atom stereocenters. The molecule has 0 atom stereocenters. The van der Waals surface area contributed by atoms with E-state index in [2.05, 4.69) is 4.98 Å². The van der Waals surface area contributed by atoms with Crippen molar-refractivity contribution in [2.75, 3.05) is 0 Å². The molecule has 0 spiro atoms. The highest BCUT2D eigenvalue weighted by molar-refractivity contribution is 5.99. The van der Waals surface area contributed by atoms with Crippen LogP contribution in [0.25, 0.3) is 10.9 Å². The maximum absolute atomic E-state index is 10.9. The van der Waals surface area contributed by atoms with Gasteiger partial charge < -0.3 is 4.74 Å². The van der Waals surface area contributed by atoms with Crippen molar-refractivity contribution in [2.45, 2.75) is 6.92 Å². The van der Waals surface area contributed by atoms with Gasteiger partial charge in [0.25, 0.3) is 0 Å². The number of esters is 1. The number of carbonyl (C=O) groups is 2. The molecule has 0 saturated carbocycles. The highest BCUT2D eigenvalue weighted by Gasteiger charge is 2.08. The number of ether oxygens (including phenoxy) is 1. The largest absolute Gasteiger partial charge is 0.424 e. The predicted octanol–water partition coefficient (Wildman–Crippen LogP) is 1.97. The summed E-state index contributed by atoms with van der Waals surface area (Å²) in [4.78, 5) is 25.8. The van der Waals surface area contributed by atoms with E-state index in [9.17, 15) is 9.59 Å². The minimum Gasteiger partial charge on any atom is -0.424 e. The van der Waals surface area contributed by atoms with Crippen molar-refractivity contribution in [3.63, 3.8) is 0 Å². The van der Waals surface area contributed by atoms with Crippen LogP contribution < -0.4 is 4.74 Å². The molecule has 0 bridgehead atoms. The van der Waals surface area contributed by atoms with Crippen LogP contribution in [0.1, 0.15) is 17.3 Å². The molecular formula is C12H9NO3. The molecule has 2 aromatic rings. The van der Waals surface area contributed by atoms with Crippen molar-refractivity contribution in [3.05, 3.63) is 36.0 Å². The maximum Gasteiger partial charge on any atom is 0.308 e. The summed E-state index contributed by atoms with van der Waals surface area (Å²) >= 11 is 0. The third-order valence-electron chi connectivity index (χ3n) is 2.15. The lowest BCUT2D eigenvalue weighted by Crippen LogP contribution is -2.02. The lowest BCUT2D eigenvalue weighted by atomic mass is 10.1. The van der Waals surface area contributed by atoms with E-state index in [1.807, 2.05) is 0 Å². The van der Waals surface area contributed by atoms with Gasteiger partial charge in [-0.05, 0) is 18.2 Å². The quantitative estimate of drug-likeness (QED) is 0.436. The molecule has 0 aliphatic heterocycles. The normalized spacial score (nSPS) is 10.1. The molecule has 0 radical (unpaired) electrons. The minimum atomic E-state index is -0.411. The van der Waals surface area contributed by atoms with E-state index in [4.69, 9.17) is 4.74 Å². The van der Waals surface area contributed by atoms with E-state index in [1.165, 1.54) is 6.92 Å². The number of aromatic nitrogens is 1. The molecule has 4 nitrogen and oxygen atoms in total. The number of hydrogen-bond acceptors (Lipinski definition) is 4. The molecule has 0 aliphatic carbocycles. The van der Waals surface area contributed by atoms with E-state index in [0.717, 1.165) is 6.29 Å². The van der Waals surface area contributed by atoms with Crippen molar-refractivity contribution in [1.29, 1.82) is 0 Å². The van der Waals surface area contributed by atoms with Crippen LogP contribution in [-0.4, -0.2) is 17.2 Å². The Kier molecular flexibility index (Phi) is 2.64. The second-order valence-corrected chi connectivity index (χ2v) is 3.26. The van der Waals surface area contributed by atoms with Crippen molar-refractivity contribution in [2.24, 2.45) is 0 Å². The molecule has 0 aliphatic rings. The minimum absolute atomic E-state index is 0.369. The summed E-state index contributed by atoms with van der Waals surface area (Å²) < 4.78 is 5.01. The number of hydrogen-bond donors (Lipinski definition) is 0. The molecule has 0 saturated heterocycles. The summed E-state index contributed by atoms with van der Waals surface area (Å²) in [5.74, 6) is -0.0421. The van der Waals surface area contributed by atoms with Gasteiger partial charge in [-0.2, -0.15) is 0 Å². The smallest absolute Gasteiger partial charge is 0.308 e. The van der Waals surface area contributed by atoms with Crippen LogP contribution >= 0.6 is 0 Å². The molecule has 16 heavy (non-hydrogen) atoms. The Morgan fingerprint density at radius 3 is 2.88 bits per heavy atom. The summed E-state index contributed by atoms with van der Waals surface area (Å²) in [5.41, 5.74) is 1.04. The van der Waals surface area contributed by atoms with Crippen molar-refractivity contribution < 1.29 is 14.3 Å². The Hall–Kier alpha value is -2.23. The lowest BCUT2D eigenvalue weighted by Gasteiger charge is -2.06. The zero-order chi connectivity index (χ0) is 11.5. The standard InChI is InChI=1S/C12H9NO3/c1-8(15)16-11-5-4-9(7-14)10-3-2-6-13-12(10)11/h2-7H,1H3. The van der Waals surface area contributed by atoms with Gasteiger partial charge in [0.15, 0.2) is 12.0 Å². The average molecular weight is 215 g/mol. The lowest BCUT2D eigenvalue weighted by molar-refractivity contribution is -0.131. The Morgan fingerprint density at radius 2 is 2.19 bits per heavy atom. The molecule has 0 fully saturated rings. The first-order valence-electron chi connectivity index (χ1n) is 4.73.